The average molecular weight is 269 g/mol. The van der Waals surface area contributed by atoms with Crippen LogP contribution in [0.1, 0.15) is 42.6 Å². The largest absolute Gasteiger partial charge is 0.493 e. The normalized spacial score (nSPS) is 12.2. The van der Waals surface area contributed by atoms with E-state index >= 15 is 0 Å². The summed E-state index contributed by atoms with van der Waals surface area (Å²) in [6.45, 7) is 6.32. The van der Waals surface area contributed by atoms with Gasteiger partial charge in [0.2, 0.25) is 0 Å². The van der Waals surface area contributed by atoms with Crippen molar-refractivity contribution in [2.24, 2.45) is 5.92 Å². The smallest absolute Gasteiger partial charge is 0.163 e. The summed E-state index contributed by atoms with van der Waals surface area (Å²) in [4.78, 5) is 11.5. The molecule has 0 aromatic heterocycles. The van der Waals surface area contributed by atoms with Gasteiger partial charge in [-0.2, -0.15) is 0 Å². The van der Waals surface area contributed by atoms with Crippen LogP contribution in [-0.4, -0.2) is 18.3 Å². The van der Waals surface area contributed by atoms with E-state index in [-0.39, 0.29) is 5.78 Å². The Balaban J connectivity index is 2.59. The molecule has 0 amide bonds. The SMILES string of the molecule is CC(=O)c1cc(C)ccc1OCCC(C)CCCl. The molecule has 1 unspecified atom stereocenters. The van der Waals surface area contributed by atoms with Crippen LogP contribution in [0.25, 0.3) is 0 Å². The summed E-state index contributed by atoms with van der Waals surface area (Å²) < 4.78 is 5.71. The van der Waals surface area contributed by atoms with Gasteiger partial charge in [0, 0.05) is 5.88 Å². The van der Waals surface area contributed by atoms with Crippen molar-refractivity contribution in [2.75, 3.05) is 12.5 Å². The Morgan fingerprint density at radius 2 is 2.11 bits per heavy atom. The predicted molar refractivity (Wildman–Crippen MR) is 75.8 cm³/mol. The minimum Gasteiger partial charge on any atom is -0.493 e. The maximum Gasteiger partial charge on any atom is 0.163 e. The van der Waals surface area contributed by atoms with E-state index in [1.807, 2.05) is 25.1 Å². The molecule has 1 aromatic rings. The highest BCUT2D eigenvalue weighted by Gasteiger charge is 2.09. The number of carbonyl (C=O) groups is 1. The molecular formula is C15H21ClO2. The van der Waals surface area contributed by atoms with Crippen LogP contribution in [0.5, 0.6) is 5.75 Å². The average Bonchev–Trinajstić information content (AvgIpc) is 2.31. The van der Waals surface area contributed by atoms with E-state index in [4.69, 9.17) is 16.3 Å². The first kappa shape index (κ1) is 15.0. The van der Waals surface area contributed by atoms with Crippen LogP contribution in [-0.2, 0) is 0 Å². The summed E-state index contributed by atoms with van der Waals surface area (Å²) in [6, 6.07) is 5.71. The van der Waals surface area contributed by atoms with Gasteiger partial charge < -0.3 is 4.74 Å². The molecule has 1 aromatic carbocycles. The van der Waals surface area contributed by atoms with Crippen LogP contribution in [0.4, 0.5) is 0 Å². The van der Waals surface area contributed by atoms with Gasteiger partial charge in [-0.1, -0.05) is 18.6 Å². The highest BCUT2D eigenvalue weighted by atomic mass is 35.5. The van der Waals surface area contributed by atoms with Crippen molar-refractivity contribution in [3.05, 3.63) is 29.3 Å². The summed E-state index contributed by atoms with van der Waals surface area (Å²) in [5, 5.41) is 0. The predicted octanol–water partition coefficient (Wildman–Crippen LogP) is 4.23. The van der Waals surface area contributed by atoms with Crippen molar-refractivity contribution in [2.45, 2.75) is 33.6 Å². The molecule has 3 heteroatoms. The summed E-state index contributed by atoms with van der Waals surface area (Å²) in [5.74, 6) is 1.96. The molecule has 0 aliphatic rings. The third-order valence-corrected chi connectivity index (χ3v) is 3.20. The fourth-order valence-electron chi connectivity index (χ4n) is 1.75. The van der Waals surface area contributed by atoms with Crippen LogP contribution in [0.2, 0.25) is 0 Å². The maximum absolute atomic E-state index is 11.5. The molecule has 0 aliphatic heterocycles. The zero-order valence-electron chi connectivity index (χ0n) is 11.3. The van der Waals surface area contributed by atoms with Crippen molar-refractivity contribution >= 4 is 17.4 Å². The highest BCUT2D eigenvalue weighted by molar-refractivity contribution is 6.17. The molecule has 0 radical (unpaired) electrons. The van der Waals surface area contributed by atoms with Gasteiger partial charge in [-0.3, -0.25) is 4.79 Å². The van der Waals surface area contributed by atoms with E-state index in [9.17, 15) is 4.79 Å². The van der Waals surface area contributed by atoms with Crippen LogP contribution in [0.15, 0.2) is 18.2 Å². The number of ether oxygens (including phenoxy) is 1. The Hall–Kier alpha value is -1.02. The van der Waals surface area contributed by atoms with Crippen LogP contribution in [0.3, 0.4) is 0 Å². The molecule has 0 bridgehead atoms. The first-order valence-electron chi connectivity index (χ1n) is 6.35. The van der Waals surface area contributed by atoms with Crippen LogP contribution in [0, 0.1) is 12.8 Å². The molecule has 0 fully saturated rings. The molecule has 0 saturated carbocycles. The van der Waals surface area contributed by atoms with Gasteiger partial charge in [0.15, 0.2) is 5.78 Å². The highest BCUT2D eigenvalue weighted by Crippen LogP contribution is 2.21. The number of carbonyl (C=O) groups excluding carboxylic acids is 1. The van der Waals surface area contributed by atoms with Gasteiger partial charge in [0.1, 0.15) is 5.75 Å². The molecular weight excluding hydrogens is 248 g/mol. The molecule has 0 N–H and O–H groups in total. The Kier molecular flexibility index (Phi) is 6.20. The Morgan fingerprint density at radius 1 is 1.39 bits per heavy atom. The van der Waals surface area contributed by atoms with Gasteiger partial charge >= 0.3 is 0 Å². The minimum absolute atomic E-state index is 0.0440. The molecule has 0 aliphatic carbocycles. The first-order chi connectivity index (χ1) is 8.54. The summed E-state index contributed by atoms with van der Waals surface area (Å²) in [5.41, 5.74) is 1.74. The number of rotatable bonds is 7. The Morgan fingerprint density at radius 3 is 2.72 bits per heavy atom. The molecule has 1 rings (SSSR count). The second kappa shape index (κ2) is 7.42. The first-order valence-corrected chi connectivity index (χ1v) is 6.88. The zero-order valence-corrected chi connectivity index (χ0v) is 12.1. The minimum atomic E-state index is 0.0440. The van der Waals surface area contributed by atoms with E-state index in [0.29, 0.717) is 29.7 Å². The number of Topliss-reactive ketones (excluding diaryl/α,β-unsaturated/α-hetero) is 1. The van der Waals surface area contributed by atoms with Crippen LogP contribution < -0.4 is 4.74 Å². The lowest BCUT2D eigenvalue weighted by atomic mass is 10.1. The number of hydrogen-bond acceptors (Lipinski definition) is 2. The molecule has 1 atom stereocenters. The number of benzene rings is 1. The van der Waals surface area contributed by atoms with Crippen LogP contribution >= 0.6 is 11.6 Å². The van der Waals surface area contributed by atoms with E-state index in [0.717, 1.165) is 18.4 Å². The van der Waals surface area contributed by atoms with E-state index in [1.54, 1.807) is 6.92 Å². The third kappa shape index (κ3) is 4.69. The third-order valence-electron chi connectivity index (χ3n) is 2.98. The summed E-state index contributed by atoms with van der Waals surface area (Å²) in [7, 11) is 0. The summed E-state index contributed by atoms with van der Waals surface area (Å²) >= 11 is 5.69. The second-order valence-corrected chi connectivity index (χ2v) is 5.15. The molecule has 100 valence electrons. The van der Waals surface area contributed by atoms with Crippen molar-refractivity contribution in [1.82, 2.24) is 0 Å². The maximum atomic E-state index is 11.5. The van der Waals surface area contributed by atoms with Gasteiger partial charge in [0.05, 0.1) is 12.2 Å². The molecule has 18 heavy (non-hydrogen) atoms. The van der Waals surface area contributed by atoms with Gasteiger partial charge in [-0.15, -0.1) is 11.6 Å². The fraction of sp³-hybridized carbons (Fsp3) is 0.533. The van der Waals surface area contributed by atoms with Gasteiger partial charge in [-0.25, -0.2) is 0 Å². The van der Waals surface area contributed by atoms with E-state index in [1.165, 1.54) is 0 Å². The Labute approximate surface area is 114 Å². The quantitative estimate of drug-likeness (QED) is 0.546. The molecule has 2 nitrogen and oxygen atoms in total. The molecule has 0 heterocycles. The zero-order chi connectivity index (χ0) is 13.5. The lowest BCUT2D eigenvalue weighted by molar-refractivity contribution is 0.101. The molecule has 0 saturated heterocycles. The van der Waals surface area contributed by atoms with Gasteiger partial charge in [-0.05, 0) is 44.7 Å². The monoisotopic (exact) mass is 268 g/mol. The number of aryl methyl sites for hydroxylation is 1. The van der Waals surface area contributed by atoms with E-state index in [2.05, 4.69) is 6.92 Å². The van der Waals surface area contributed by atoms with Crippen molar-refractivity contribution in [3.63, 3.8) is 0 Å². The Bertz CT molecular complexity index is 401. The van der Waals surface area contributed by atoms with Crippen molar-refractivity contribution in [1.29, 1.82) is 0 Å². The number of halogens is 1. The molecule has 0 spiro atoms. The lowest BCUT2D eigenvalue weighted by Gasteiger charge is -2.13. The lowest BCUT2D eigenvalue weighted by Crippen LogP contribution is -2.07. The standard InChI is InChI=1S/C15H21ClO2/c1-11(6-8-16)7-9-18-15-5-4-12(2)10-14(15)13(3)17/h4-5,10-11H,6-9H2,1-3H3. The summed E-state index contributed by atoms with van der Waals surface area (Å²) in [6.07, 6.45) is 1.95. The second-order valence-electron chi connectivity index (χ2n) is 4.78. The number of ketones is 1. The number of alkyl halides is 1. The van der Waals surface area contributed by atoms with Gasteiger partial charge in [0.25, 0.3) is 0 Å². The van der Waals surface area contributed by atoms with E-state index < -0.39 is 0 Å². The topological polar surface area (TPSA) is 26.3 Å². The fourth-order valence-corrected chi connectivity index (χ4v) is 2.12. The van der Waals surface area contributed by atoms with Crippen molar-refractivity contribution in [3.8, 4) is 5.75 Å². The van der Waals surface area contributed by atoms with Crippen molar-refractivity contribution < 1.29 is 9.53 Å². The number of hydrogen-bond donors (Lipinski definition) is 0.